The lowest BCUT2D eigenvalue weighted by atomic mass is 10.2. The Labute approximate surface area is 115 Å². The van der Waals surface area contributed by atoms with Gasteiger partial charge in [0.2, 0.25) is 0 Å². The van der Waals surface area contributed by atoms with Crippen LogP contribution in [0.1, 0.15) is 12.5 Å². The summed E-state index contributed by atoms with van der Waals surface area (Å²) >= 11 is 3.11. The van der Waals surface area contributed by atoms with Crippen LogP contribution in [0.25, 0.3) is 6.08 Å². The number of carbonyl (C=O) groups is 1. The van der Waals surface area contributed by atoms with Crippen molar-refractivity contribution in [2.45, 2.75) is 11.8 Å². The minimum Gasteiger partial charge on any atom is -0.462 e. The van der Waals surface area contributed by atoms with Crippen molar-refractivity contribution < 1.29 is 17.9 Å². The Morgan fingerprint density at radius 3 is 2.33 bits per heavy atom. The van der Waals surface area contributed by atoms with Gasteiger partial charge in [-0.25, -0.2) is 13.2 Å². The van der Waals surface area contributed by atoms with E-state index in [2.05, 4.69) is 15.9 Å². The van der Waals surface area contributed by atoms with Crippen molar-refractivity contribution in [2.24, 2.45) is 0 Å². The summed E-state index contributed by atoms with van der Waals surface area (Å²) < 4.78 is 27.6. The van der Waals surface area contributed by atoms with Crippen molar-refractivity contribution in [2.75, 3.05) is 12.9 Å². The van der Waals surface area contributed by atoms with Crippen molar-refractivity contribution in [1.29, 1.82) is 0 Å². The quantitative estimate of drug-likeness (QED) is 0.627. The van der Waals surface area contributed by atoms with Gasteiger partial charge in [0.15, 0.2) is 9.84 Å². The average molecular weight is 333 g/mol. The lowest BCUT2D eigenvalue weighted by Crippen LogP contribution is -2.03. The fraction of sp³-hybridized carbons (Fsp3) is 0.250. The molecule has 1 aromatic carbocycles. The molecule has 0 spiro atoms. The molecule has 0 amide bonds. The highest BCUT2D eigenvalue weighted by atomic mass is 79.9. The van der Waals surface area contributed by atoms with E-state index in [1.807, 2.05) is 0 Å². The second-order valence-corrected chi connectivity index (χ2v) is 6.42. The van der Waals surface area contributed by atoms with Crippen LogP contribution in [0.3, 0.4) is 0 Å². The molecule has 0 fully saturated rings. The first-order valence-corrected chi connectivity index (χ1v) is 7.87. The molecule has 0 radical (unpaired) electrons. The lowest BCUT2D eigenvalue weighted by molar-refractivity contribution is -0.137. The van der Waals surface area contributed by atoms with Gasteiger partial charge in [-0.15, -0.1) is 0 Å². The number of ether oxygens (including phenoxy) is 1. The van der Waals surface area contributed by atoms with Crippen LogP contribution in [0.5, 0.6) is 0 Å². The third kappa shape index (κ3) is 4.27. The van der Waals surface area contributed by atoms with Crippen LogP contribution in [-0.2, 0) is 19.4 Å². The summed E-state index contributed by atoms with van der Waals surface area (Å²) in [7, 11) is -3.20. The summed E-state index contributed by atoms with van der Waals surface area (Å²) in [4.78, 5) is 11.6. The van der Waals surface area contributed by atoms with E-state index in [-0.39, 0.29) is 9.38 Å². The Hall–Kier alpha value is -1.14. The molecule has 18 heavy (non-hydrogen) atoms. The number of hydrogen-bond acceptors (Lipinski definition) is 4. The van der Waals surface area contributed by atoms with Crippen LogP contribution < -0.4 is 0 Å². The van der Waals surface area contributed by atoms with E-state index in [1.54, 1.807) is 25.1 Å². The zero-order chi connectivity index (χ0) is 13.8. The van der Waals surface area contributed by atoms with E-state index < -0.39 is 15.8 Å². The second-order valence-electron chi connectivity index (χ2n) is 3.55. The predicted octanol–water partition coefficient (Wildman–Crippen LogP) is 2.39. The lowest BCUT2D eigenvalue weighted by Gasteiger charge is -2.01. The average Bonchev–Trinajstić information content (AvgIpc) is 2.28. The summed E-state index contributed by atoms with van der Waals surface area (Å²) in [5, 5.41) is 0. The summed E-state index contributed by atoms with van der Waals surface area (Å²) in [6.07, 6.45) is 2.72. The van der Waals surface area contributed by atoms with Crippen LogP contribution in [-0.4, -0.2) is 27.2 Å². The molecule has 98 valence electrons. The zero-order valence-corrected chi connectivity index (χ0v) is 12.4. The summed E-state index contributed by atoms with van der Waals surface area (Å²) in [5.41, 5.74) is 0.710. The fourth-order valence-corrected chi connectivity index (χ4v) is 2.23. The van der Waals surface area contributed by atoms with Crippen molar-refractivity contribution in [1.82, 2.24) is 0 Å². The fourth-order valence-electron chi connectivity index (χ4n) is 1.22. The van der Waals surface area contributed by atoms with Crippen LogP contribution in [0, 0.1) is 0 Å². The molecule has 1 rings (SSSR count). The van der Waals surface area contributed by atoms with E-state index in [0.29, 0.717) is 12.2 Å². The van der Waals surface area contributed by atoms with Gasteiger partial charge in [-0.05, 0) is 46.6 Å². The number of carbonyl (C=O) groups excluding carboxylic acids is 1. The van der Waals surface area contributed by atoms with Gasteiger partial charge in [0, 0.05) is 6.26 Å². The highest BCUT2D eigenvalue weighted by molar-refractivity contribution is 9.12. The Balaban J connectivity index is 2.93. The van der Waals surface area contributed by atoms with E-state index in [0.717, 1.165) is 6.26 Å². The molecule has 1 aromatic rings. The molecule has 4 nitrogen and oxygen atoms in total. The molecule has 0 saturated heterocycles. The van der Waals surface area contributed by atoms with Gasteiger partial charge in [0.05, 0.1) is 11.5 Å². The molecule has 0 aliphatic rings. The molecule has 0 aliphatic carbocycles. The topological polar surface area (TPSA) is 60.4 Å². The first-order chi connectivity index (χ1) is 8.34. The Morgan fingerprint density at radius 2 is 1.89 bits per heavy atom. The number of halogens is 1. The molecule has 6 heteroatoms. The Kier molecular flexibility index (Phi) is 5.10. The normalized spacial score (nSPS) is 12.3. The molecule has 0 bridgehead atoms. The van der Waals surface area contributed by atoms with Crippen LogP contribution in [0.15, 0.2) is 33.6 Å². The number of sulfone groups is 1. The van der Waals surface area contributed by atoms with Gasteiger partial charge in [0.1, 0.15) is 4.48 Å². The Morgan fingerprint density at radius 1 is 1.33 bits per heavy atom. The number of benzene rings is 1. The smallest absolute Gasteiger partial charge is 0.345 e. The molecule has 0 aromatic heterocycles. The molecule has 0 unspecified atom stereocenters. The highest BCUT2D eigenvalue weighted by Crippen LogP contribution is 2.16. The minimum absolute atomic E-state index is 0.243. The monoisotopic (exact) mass is 332 g/mol. The van der Waals surface area contributed by atoms with Crippen molar-refractivity contribution in [3.05, 3.63) is 34.3 Å². The molecular formula is C12H13BrO4S. The molecule has 0 aliphatic heterocycles. The number of esters is 1. The van der Waals surface area contributed by atoms with E-state index in [4.69, 9.17) is 4.74 Å². The summed E-state index contributed by atoms with van der Waals surface area (Å²) in [6, 6.07) is 6.23. The molecule has 0 heterocycles. The van der Waals surface area contributed by atoms with Gasteiger partial charge in [-0.3, -0.25) is 0 Å². The van der Waals surface area contributed by atoms with E-state index in [1.165, 1.54) is 12.1 Å². The van der Waals surface area contributed by atoms with Gasteiger partial charge in [-0.1, -0.05) is 12.1 Å². The van der Waals surface area contributed by atoms with E-state index in [9.17, 15) is 13.2 Å². The van der Waals surface area contributed by atoms with Crippen LogP contribution in [0.4, 0.5) is 0 Å². The molecule has 0 saturated carbocycles. The SMILES string of the molecule is CCOC(=O)C(Br)=Cc1ccc(S(C)(=O)=O)cc1. The van der Waals surface area contributed by atoms with Crippen molar-refractivity contribution in [3.8, 4) is 0 Å². The van der Waals surface area contributed by atoms with E-state index >= 15 is 0 Å². The van der Waals surface area contributed by atoms with Gasteiger partial charge >= 0.3 is 5.97 Å². The standard InChI is InChI=1S/C12H13BrO4S/c1-3-17-12(14)11(13)8-9-4-6-10(7-5-9)18(2,15)16/h4-8H,3H2,1-2H3. The maximum atomic E-state index is 11.3. The third-order valence-electron chi connectivity index (χ3n) is 2.07. The molecule has 0 N–H and O–H groups in total. The highest BCUT2D eigenvalue weighted by Gasteiger charge is 2.08. The second kappa shape index (κ2) is 6.15. The van der Waals surface area contributed by atoms with Gasteiger partial charge in [0.25, 0.3) is 0 Å². The van der Waals surface area contributed by atoms with Gasteiger partial charge in [-0.2, -0.15) is 0 Å². The third-order valence-corrected chi connectivity index (χ3v) is 3.75. The maximum Gasteiger partial charge on any atom is 0.345 e. The minimum atomic E-state index is -3.20. The van der Waals surface area contributed by atoms with Crippen LogP contribution in [0.2, 0.25) is 0 Å². The predicted molar refractivity (Wildman–Crippen MR) is 73.1 cm³/mol. The maximum absolute atomic E-state index is 11.3. The van der Waals surface area contributed by atoms with Crippen LogP contribution >= 0.6 is 15.9 Å². The van der Waals surface area contributed by atoms with Gasteiger partial charge < -0.3 is 4.74 Å². The first-order valence-electron chi connectivity index (χ1n) is 5.19. The molecule has 0 atom stereocenters. The number of rotatable bonds is 4. The summed E-state index contributed by atoms with van der Waals surface area (Å²) in [5.74, 6) is -0.454. The number of hydrogen-bond donors (Lipinski definition) is 0. The first kappa shape index (κ1) is 14.9. The van der Waals surface area contributed by atoms with Crippen molar-refractivity contribution >= 4 is 37.8 Å². The zero-order valence-electron chi connectivity index (χ0n) is 10.0. The summed E-state index contributed by atoms with van der Waals surface area (Å²) in [6.45, 7) is 2.02. The molecular weight excluding hydrogens is 320 g/mol. The van der Waals surface area contributed by atoms with Crippen molar-refractivity contribution in [3.63, 3.8) is 0 Å². The Bertz CT molecular complexity index is 558. The largest absolute Gasteiger partial charge is 0.462 e.